The van der Waals surface area contributed by atoms with E-state index in [0.29, 0.717) is 10.0 Å². The van der Waals surface area contributed by atoms with E-state index in [1.807, 2.05) is 0 Å². The number of halogens is 5. The first-order valence-corrected chi connectivity index (χ1v) is 5.05. The molecule has 0 heterocycles. The van der Waals surface area contributed by atoms with E-state index >= 15 is 0 Å². The van der Waals surface area contributed by atoms with Crippen molar-refractivity contribution in [1.29, 1.82) is 0 Å². The third-order valence-electron chi connectivity index (χ3n) is 1.62. The second-order valence-corrected chi connectivity index (χ2v) is 4.10. The van der Waals surface area contributed by atoms with Crippen LogP contribution in [0.1, 0.15) is 5.56 Å². The number of rotatable bonds is 1. The van der Waals surface area contributed by atoms with Gasteiger partial charge in [-0.2, -0.15) is 13.2 Å². The van der Waals surface area contributed by atoms with Gasteiger partial charge in [0.25, 0.3) is 0 Å². The fourth-order valence-electron chi connectivity index (χ4n) is 0.872. The van der Waals surface area contributed by atoms with Crippen molar-refractivity contribution in [2.24, 2.45) is 4.99 Å². The molecule has 1 aromatic carbocycles. The van der Waals surface area contributed by atoms with E-state index in [-0.39, 0.29) is 5.69 Å². The van der Waals surface area contributed by atoms with E-state index in [2.05, 4.69) is 20.9 Å². The van der Waals surface area contributed by atoms with Crippen LogP contribution in [0.3, 0.4) is 0 Å². The highest BCUT2D eigenvalue weighted by Crippen LogP contribution is 2.28. The van der Waals surface area contributed by atoms with Crippen molar-refractivity contribution in [3.8, 4) is 0 Å². The highest BCUT2D eigenvalue weighted by molar-refractivity contribution is 9.10. The lowest BCUT2D eigenvalue weighted by molar-refractivity contribution is -0.0558. The Morgan fingerprint density at radius 2 is 2.00 bits per heavy atom. The summed E-state index contributed by atoms with van der Waals surface area (Å²) in [6, 6.07) is 4.85. The Kier molecular flexibility index (Phi) is 3.78. The summed E-state index contributed by atoms with van der Waals surface area (Å²) in [5.74, 6) is 0. The van der Waals surface area contributed by atoms with Crippen molar-refractivity contribution in [3.05, 3.63) is 28.2 Å². The molecule has 0 unspecified atom stereocenters. The fourth-order valence-corrected chi connectivity index (χ4v) is 1.31. The standard InChI is InChI=1S/C9H6BrClF3N/c1-5-2-3-6(10)4-7(5)15-8(11)9(12,13)14/h2-4H,1H3. The van der Waals surface area contributed by atoms with E-state index in [0.717, 1.165) is 0 Å². The van der Waals surface area contributed by atoms with Crippen molar-refractivity contribution in [2.45, 2.75) is 13.1 Å². The molecule has 0 amide bonds. The van der Waals surface area contributed by atoms with Crippen LogP contribution in [0.2, 0.25) is 0 Å². The predicted octanol–water partition coefficient (Wildman–Crippen LogP) is 4.59. The minimum absolute atomic E-state index is 0.201. The van der Waals surface area contributed by atoms with Gasteiger partial charge in [0.05, 0.1) is 5.69 Å². The first kappa shape index (κ1) is 12.5. The van der Waals surface area contributed by atoms with Crippen LogP contribution in [-0.2, 0) is 0 Å². The molecule has 0 saturated heterocycles. The molecular weight excluding hydrogens is 294 g/mol. The van der Waals surface area contributed by atoms with Crippen LogP contribution < -0.4 is 0 Å². The Labute approximate surface area is 98.1 Å². The number of hydrogen-bond donors (Lipinski definition) is 0. The van der Waals surface area contributed by atoms with Crippen LogP contribution in [0.15, 0.2) is 27.7 Å². The molecule has 0 bridgehead atoms. The Morgan fingerprint density at radius 3 is 2.53 bits per heavy atom. The van der Waals surface area contributed by atoms with Crippen molar-refractivity contribution in [2.75, 3.05) is 0 Å². The number of benzene rings is 1. The quantitative estimate of drug-likeness (QED) is 0.673. The second kappa shape index (κ2) is 4.53. The molecule has 0 aliphatic heterocycles. The van der Waals surface area contributed by atoms with E-state index in [9.17, 15) is 13.2 Å². The highest BCUT2D eigenvalue weighted by atomic mass is 79.9. The van der Waals surface area contributed by atoms with E-state index in [4.69, 9.17) is 11.6 Å². The van der Waals surface area contributed by atoms with E-state index in [1.165, 1.54) is 6.07 Å². The van der Waals surface area contributed by atoms with Crippen LogP contribution in [0, 0.1) is 6.92 Å². The summed E-state index contributed by atoms with van der Waals surface area (Å²) in [5, 5.41) is -1.37. The van der Waals surface area contributed by atoms with E-state index < -0.39 is 11.3 Å². The molecular formula is C9H6BrClF3N. The van der Waals surface area contributed by atoms with Gasteiger partial charge in [-0.25, -0.2) is 4.99 Å². The summed E-state index contributed by atoms with van der Waals surface area (Å²) in [6.07, 6.45) is -4.60. The van der Waals surface area contributed by atoms with Crippen LogP contribution in [-0.4, -0.2) is 11.3 Å². The van der Waals surface area contributed by atoms with Gasteiger partial charge in [0.2, 0.25) is 5.17 Å². The van der Waals surface area contributed by atoms with Gasteiger partial charge in [0.1, 0.15) is 0 Å². The lowest BCUT2D eigenvalue weighted by Gasteiger charge is -2.05. The first-order chi connectivity index (χ1) is 6.80. The average Bonchev–Trinajstić information content (AvgIpc) is 2.09. The summed E-state index contributed by atoms with van der Waals surface area (Å²) in [5.41, 5.74) is 0.826. The molecule has 0 N–H and O–H groups in total. The van der Waals surface area contributed by atoms with E-state index in [1.54, 1.807) is 19.1 Å². The second-order valence-electron chi connectivity index (χ2n) is 2.83. The molecule has 6 heteroatoms. The van der Waals surface area contributed by atoms with Gasteiger partial charge in [-0.05, 0) is 24.6 Å². The maximum absolute atomic E-state index is 12.1. The molecule has 0 fully saturated rings. The molecule has 82 valence electrons. The number of nitrogens with zero attached hydrogens (tertiary/aromatic N) is 1. The monoisotopic (exact) mass is 299 g/mol. The summed E-state index contributed by atoms with van der Waals surface area (Å²) >= 11 is 8.17. The lowest BCUT2D eigenvalue weighted by Crippen LogP contribution is -2.16. The van der Waals surface area contributed by atoms with Gasteiger partial charge in [-0.3, -0.25) is 0 Å². The topological polar surface area (TPSA) is 12.4 Å². The number of alkyl halides is 3. The Balaban J connectivity index is 3.13. The largest absolute Gasteiger partial charge is 0.444 e. The molecule has 0 spiro atoms. The van der Waals surface area contributed by atoms with Gasteiger partial charge in [0.15, 0.2) is 0 Å². The molecule has 0 aromatic heterocycles. The van der Waals surface area contributed by atoms with Crippen molar-refractivity contribution in [1.82, 2.24) is 0 Å². The van der Waals surface area contributed by atoms with Crippen LogP contribution in [0.4, 0.5) is 18.9 Å². The molecule has 0 radical (unpaired) electrons. The molecule has 0 saturated carbocycles. The van der Waals surface area contributed by atoms with Crippen molar-refractivity contribution >= 4 is 38.4 Å². The normalized spacial score (nSPS) is 13.1. The van der Waals surface area contributed by atoms with Gasteiger partial charge in [-0.15, -0.1) is 0 Å². The molecule has 0 aliphatic rings. The van der Waals surface area contributed by atoms with Crippen LogP contribution in [0.5, 0.6) is 0 Å². The summed E-state index contributed by atoms with van der Waals surface area (Å²) in [7, 11) is 0. The molecule has 1 nitrogen and oxygen atoms in total. The lowest BCUT2D eigenvalue weighted by atomic mass is 10.2. The van der Waals surface area contributed by atoms with Crippen LogP contribution in [0.25, 0.3) is 0 Å². The van der Waals surface area contributed by atoms with Gasteiger partial charge >= 0.3 is 6.18 Å². The van der Waals surface area contributed by atoms with Crippen molar-refractivity contribution < 1.29 is 13.2 Å². The summed E-state index contributed by atoms with van der Waals surface area (Å²) in [6.45, 7) is 1.66. The molecule has 0 atom stereocenters. The zero-order valence-electron chi connectivity index (χ0n) is 7.57. The number of aliphatic imine (C=N–C) groups is 1. The van der Waals surface area contributed by atoms with Gasteiger partial charge < -0.3 is 0 Å². The van der Waals surface area contributed by atoms with Crippen LogP contribution >= 0.6 is 27.5 Å². The molecule has 0 aliphatic carbocycles. The molecule has 1 aromatic rings. The minimum Gasteiger partial charge on any atom is -0.232 e. The average molecular weight is 301 g/mol. The number of aryl methyl sites for hydroxylation is 1. The van der Waals surface area contributed by atoms with Gasteiger partial charge in [-0.1, -0.05) is 33.6 Å². The smallest absolute Gasteiger partial charge is 0.232 e. The molecule has 1 rings (SSSR count). The van der Waals surface area contributed by atoms with Gasteiger partial charge in [0, 0.05) is 4.47 Å². The maximum Gasteiger partial charge on any atom is 0.444 e. The fraction of sp³-hybridized carbons (Fsp3) is 0.222. The van der Waals surface area contributed by atoms with Crippen molar-refractivity contribution in [3.63, 3.8) is 0 Å². The Hall–Kier alpha value is -0.550. The highest BCUT2D eigenvalue weighted by Gasteiger charge is 2.34. The summed E-state index contributed by atoms with van der Waals surface area (Å²) < 4.78 is 36.9. The molecule has 15 heavy (non-hydrogen) atoms. The maximum atomic E-state index is 12.1. The Bertz CT molecular complexity index is 401. The third kappa shape index (κ3) is 3.50. The first-order valence-electron chi connectivity index (χ1n) is 3.88. The Morgan fingerprint density at radius 1 is 1.40 bits per heavy atom. The summed E-state index contributed by atoms with van der Waals surface area (Å²) in [4.78, 5) is 3.32. The zero-order valence-corrected chi connectivity index (χ0v) is 9.91. The third-order valence-corrected chi connectivity index (χ3v) is 2.42. The number of hydrogen-bond acceptors (Lipinski definition) is 1. The zero-order chi connectivity index (χ0) is 11.6. The SMILES string of the molecule is Cc1ccc(Br)cc1N=C(Cl)C(F)(F)F. The predicted molar refractivity (Wildman–Crippen MR) is 57.9 cm³/mol. The minimum atomic E-state index is -4.60.